The molecule has 4 rings (SSSR count). The molecule has 2 aliphatic heterocycles. The molecule has 118 valence electrons. The number of benzene rings is 1. The zero-order valence-electron chi connectivity index (χ0n) is 12.5. The number of thioether (sulfide) groups is 1. The predicted octanol–water partition coefficient (Wildman–Crippen LogP) is 2.77. The summed E-state index contributed by atoms with van der Waals surface area (Å²) < 4.78 is 0. The highest BCUT2D eigenvalue weighted by atomic mass is 32.2. The van der Waals surface area contributed by atoms with Gasteiger partial charge in [0.05, 0.1) is 11.4 Å². The Hall–Kier alpha value is -1.79. The SMILES string of the molecule is O=C(CN1C(=O)CSc2ccccc21)N1CCc2sccc2C1. The van der Waals surface area contributed by atoms with E-state index in [9.17, 15) is 9.59 Å². The first kappa shape index (κ1) is 14.8. The van der Waals surface area contributed by atoms with E-state index in [1.54, 1.807) is 28.0 Å². The van der Waals surface area contributed by atoms with Crippen molar-refractivity contribution in [1.29, 1.82) is 0 Å². The molecule has 6 heteroatoms. The Balaban J connectivity index is 1.52. The molecule has 4 nitrogen and oxygen atoms in total. The molecule has 0 fully saturated rings. The van der Waals surface area contributed by atoms with Gasteiger partial charge in [-0.05, 0) is 35.6 Å². The van der Waals surface area contributed by atoms with Crippen LogP contribution in [-0.4, -0.2) is 35.6 Å². The molecule has 0 spiro atoms. The maximum absolute atomic E-state index is 12.7. The van der Waals surface area contributed by atoms with Gasteiger partial charge in [0.15, 0.2) is 0 Å². The standard InChI is InChI=1S/C17H16N2O2S2/c20-16(18-7-5-14-12(9-18)6-8-22-14)10-19-13-3-1-2-4-15(13)23-11-17(19)21/h1-4,6,8H,5,7,9-11H2. The average Bonchev–Trinajstić information content (AvgIpc) is 3.05. The van der Waals surface area contributed by atoms with Crippen molar-refractivity contribution in [2.24, 2.45) is 0 Å². The molecule has 2 amide bonds. The van der Waals surface area contributed by atoms with Crippen LogP contribution >= 0.6 is 23.1 Å². The third-order valence-electron chi connectivity index (χ3n) is 4.26. The quantitative estimate of drug-likeness (QED) is 0.841. The number of thiophene rings is 1. The van der Waals surface area contributed by atoms with Crippen LogP contribution in [0.4, 0.5) is 5.69 Å². The van der Waals surface area contributed by atoms with Gasteiger partial charge in [-0.3, -0.25) is 9.59 Å². The first-order valence-corrected chi connectivity index (χ1v) is 9.44. The first-order chi connectivity index (χ1) is 11.2. The number of anilines is 1. The van der Waals surface area contributed by atoms with Crippen LogP contribution in [0.5, 0.6) is 0 Å². The van der Waals surface area contributed by atoms with Gasteiger partial charge in [0.2, 0.25) is 11.8 Å². The summed E-state index contributed by atoms with van der Waals surface area (Å²) in [5.41, 5.74) is 2.10. The summed E-state index contributed by atoms with van der Waals surface area (Å²) in [5, 5.41) is 2.08. The summed E-state index contributed by atoms with van der Waals surface area (Å²) in [6.07, 6.45) is 0.916. The highest BCUT2D eigenvalue weighted by Gasteiger charge is 2.29. The minimum Gasteiger partial charge on any atom is -0.336 e. The second kappa shape index (κ2) is 6.02. The van der Waals surface area contributed by atoms with Crippen molar-refractivity contribution in [3.05, 3.63) is 46.2 Å². The van der Waals surface area contributed by atoms with Crippen molar-refractivity contribution in [2.45, 2.75) is 17.9 Å². The Bertz CT molecular complexity index is 771. The Morgan fingerprint density at radius 1 is 1.22 bits per heavy atom. The van der Waals surface area contributed by atoms with E-state index in [-0.39, 0.29) is 18.4 Å². The predicted molar refractivity (Wildman–Crippen MR) is 93.0 cm³/mol. The van der Waals surface area contributed by atoms with Crippen molar-refractivity contribution in [1.82, 2.24) is 4.90 Å². The van der Waals surface area contributed by atoms with Gasteiger partial charge in [0, 0.05) is 22.9 Å². The molecule has 0 atom stereocenters. The van der Waals surface area contributed by atoms with E-state index in [1.165, 1.54) is 10.4 Å². The van der Waals surface area contributed by atoms with Gasteiger partial charge in [-0.15, -0.1) is 23.1 Å². The van der Waals surface area contributed by atoms with Gasteiger partial charge < -0.3 is 9.80 Å². The van der Waals surface area contributed by atoms with Gasteiger partial charge in [0.1, 0.15) is 6.54 Å². The van der Waals surface area contributed by atoms with Gasteiger partial charge in [0.25, 0.3) is 0 Å². The lowest BCUT2D eigenvalue weighted by atomic mass is 10.1. The second-order valence-corrected chi connectivity index (χ2v) is 7.69. The number of nitrogens with zero attached hydrogens (tertiary/aromatic N) is 2. The average molecular weight is 344 g/mol. The molecule has 0 N–H and O–H groups in total. The Kier molecular flexibility index (Phi) is 3.87. The number of amides is 2. The van der Waals surface area contributed by atoms with E-state index < -0.39 is 0 Å². The van der Waals surface area contributed by atoms with Crippen LogP contribution in [0.2, 0.25) is 0 Å². The summed E-state index contributed by atoms with van der Waals surface area (Å²) in [7, 11) is 0. The molecular formula is C17H16N2O2S2. The van der Waals surface area contributed by atoms with Crippen LogP contribution < -0.4 is 4.90 Å². The van der Waals surface area contributed by atoms with Crippen molar-refractivity contribution in [3.63, 3.8) is 0 Å². The zero-order valence-corrected chi connectivity index (χ0v) is 14.2. The number of carbonyl (C=O) groups is 2. The summed E-state index contributed by atoms with van der Waals surface area (Å²) >= 11 is 3.30. The van der Waals surface area contributed by atoms with Gasteiger partial charge in [-0.2, -0.15) is 0 Å². The largest absolute Gasteiger partial charge is 0.336 e. The fraction of sp³-hybridized carbons (Fsp3) is 0.294. The van der Waals surface area contributed by atoms with E-state index >= 15 is 0 Å². The summed E-state index contributed by atoms with van der Waals surface area (Å²) in [4.78, 5) is 30.9. The highest BCUT2D eigenvalue weighted by molar-refractivity contribution is 8.00. The van der Waals surface area contributed by atoms with Crippen molar-refractivity contribution in [3.8, 4) is 0 Å². The maximum Gasteiger partial charge on any atom is 0.242 e. The van der Waals surface area contributed by atoms with Gasteiger partial charge >= 0.3 is 0 Å². The lowest BCUT2D eigenvalue weighted by molar-refractivity contribution is -0.132. The van der Waals surface area contributed by atoms with E-state index in [2.05, 4.69) is 11.4 Å². The molecule has 0 aliphatic carbocycles. The second-order valence-electron chi connectivity index (χ2n) is 5.67. The van der Waals surface area contributed by atoms with Crippen LogP contribution in [0.25, 0.3) is 0 Å². The first-order valence-electron chi connectivity index (χ1n) is 7.57. The lowest BCUT2D eigenvalue weighted by Crippen LogP contribution is -2.46. The molecule has 2 aliphatic rings. The molecule has 0 unspecified atom stereocenters. The Labute approximate surface area is 143 Å². The van der Waals surface area contributed by atoms with Crippen LogP contribution in [0, 0.1) is 0 Å². The topological polar surface area (TPSA) is 40.6 Å². The molecule has 0 saturated carbocycles. The number of rotatable bonds is 2. The van der Waals surface area contributed by atoms with Crippen molar-refractivity contribution in [2.75, 3.05) is 23.7 Å². The molecule has 3 heterocycles. The van der Waals surface area contributed by atoms with Crippen LogP contribution in [0.3, 0.4) is 0 Å². The fourth-order valence-electron chi connectivity index (χ4n) is 3.02. The summed E-state index contributed by atoms with van der Waals surface area (Å²) in [6.45, 7) is 1.54. The normalized spacial score (nSPS) is 17.0. The molecule has 2 aromatic rings. The number of hydrogen-bond donors (Lipinski definition) is 0. The molecule has 0 bridgehead atoms. The van der Waals surface area contributed by atoms with Crippen LogP contribution in [0.1, 0.15) is 10.4 Å². The smallest absolute Gasteiger partial charge is 0.242 e. The van der Waals surface area contributed by atoms with Crippen LogP contribution in [0.15, 0.2) is 40.6 Å². The Morgan fingerprint density at radius 2 is 2.09 bits per heavy atom. The number of hydrogen-bond acceptors (Lipinski definition) is 4. The Morgan fingerprint density at radius 3 is 3.00 bits per heavy atom. The molecule has 0 saturated heterocycles. The van der Waals surface area contributed by atoms with Crippen molar-refractivity contribution >= 4 is 40.6 Å². The highest BCUT2D eigenvalue weighted by Crippen LogP contribution is 2.35. The van der Waals surface area contributed by atoms with E-state index in [1.807, 2.05) is 29.2 Å². The molecule has 23 heavy (non-hydrogen) atoms. The molecule has 1 aromatic carbocycles. The minimum absolute atomic E-state index is 0.00952. The van der Waals surface area contributed by atoms with E-state index in [4.69, 9.17) is 0 Å². The third-order valence-corrected chi connectivity index (χ3v) is 6.33. The minimum atomic E-state index is 0.00952. The fourth-order valence-corrected chi connectivity index (χ4v) is 4.85. The van der Waals surface area contributed by atoms with E-state index in [0.29, 0.717) is 12.3 Å². The summed E-state index contributed by atoms with van der Waals surface area (Å²) in [6, 6.07) is 9.89. The van der Waals surface area contributed by atoms with Gasteiger partial charge in [-0.25, -0.2) is 0 Å². The number of carbonyl (C=O) groups excluding carboxylic acids is 2. The molecule has 0 radical (unpaired) electrons. The molecule has 1 aromatic heterocycles. The summed E-state index contributed by atoms with van der Waals surface area (Å²) in [5.74, 6) is 0.436. The third kappa shape index (κ3) is 2.77. The number of para-hydroxylation sites is 1. The molecular weight excluding hydrogens is 328 g/mol. The van der Waals surface area contributed by atoms with Gasteiger partial charge in [-0.1, -0.05) is 12.1 Å². The van der Waals surface area contributed by atoms with Crippen molar-refractivity contribution < 1.29 is 9.59 Å². The maximum atomic E-state index is 12.7. The van der Waals surface area contributed by atoms with Crippen LogP contribution in [-0.2, 0) is 22.6 Å². The monoisotopic (exact) mass is 344 g/mol. The number of fused-ring (bicyclic) bond motifs is 2. The van der Waals surface area contributed by atoms with E-state index in [0.717, 1.165) is 23.5 Å². The lowest BCUT2D eigenvalue weighted by Gasteiger charge is -2.32. The zero-order chi connectivity index (χ0) is 15.8.